The molecular formula is C35H59N5O9. The zero-order chi connectivity index (χ0) is 36.8. The number of hydrogen-bond donors (Lipinski definition) is 0. The number of carbonyl (C=O) groups excluding carboxylic acids is 4. The second kappa shape index (κ2) is 17.0. The van der Waals surface area contributed by atoms with E-state index < -0.39 is 71.3 Å². The highest BCUT2D eigenvalue weighted by Gasteiger charge is 2.58. The van der Waals surface area contributed by atoms with Gasteiger partial charge in [0, 0.05) is 55.3 Å². The van der Waals surface area contributed by atoms with Gasteiger partial charge in [-0.2, -0.15) is 0 Å². The number of esters is 1. The third-order valence-corrected chi connectivity index (χ3v) is 11.1. The lowest BCUT2D eigenvalue weighted by Crippen LogP contribution is -2.57. The van der Waals surface area contributed by atoms with Crippen molar-refractivity contribution in [1.82, 2.24) is 9.80 Å². The Labute approximate surface area is 291 Å². The van der Waals surface area contributed by atoms with Crippen LogP contribution in [0.25, 0.3) is 10.4 Å². The number of amides is 1. The Bertz CT molecular complexity index is 1240. The van der Waals surface area contributed by atoms with Gasteiger partial charge in [-0.05, 0) is 79.4 Å². The molecule has 14 heteroatoms. The van der Waals surface area contributed by atoms with Crippen LogP contribution >= 0.6 is 0 Å². The van der Waals surface area contributed by atoms with E-state index in [9.17, 15) is 19.2 Å². The fourth-order valence-corrected chi connectivity index (χ4v) is 7.95. The Morgan fingerprint density at radius 2 is 1.76 bits per heavy atom. The Balaban J connectivity index is 2.05. The minimum Gasteiger partial charge on any atom is -0.458 e. The second-order valence-electron chi connectivity index (χ2n) is 15.0. The minimum absolute atomic E-state index is 0.0477. The number of methoxy groups -OCH3 is 1. The summed E-state index contributed by atoms with van der Waals surface area (Å²) < 4.78 is 31.2. The van der Waals surface area contributed by atoms with E-state index in [1.54, 1.807) is 20.8 Å². The fraction of sp³-hybridized carbons (Fsp3) is 0.886. The molecule has 0 N–H and O–H groups in total. The maximum absolute atomic E-state index is 14.2. The number of cyclic esters (lactones) is 1. The van der Waals surface area contributed by atoms with Crippen LogP contribution in [0, 0.1) is 23.7 Å². The maximum atomic E-state index is 14.2. The lowest BCUT2D eigenvalue weighted by atomic mass is 9.76. The Kier molecular flexibility index (Phi) is 14.1. The average Bonchev–Trinajstić information content (AvgIpc) is 3.29. The van der Waals surface area contributed by atoms with E-state index in [4.69, 9.17) is 29.2 Å². The largest absolute Gasteiger partial charge is 0.458 e. The fourth-order valence-electron chi connectivity index (χ4n) is 7.95. The molecule has 0 aliphatic carbocycles. The number of hydrogen-bond acceptors (Lipinski definition) is 11. The predicted molar refractivity (Wildman–Crippen MR) is 181 cm³/mol. The number of ether oxygens (including phenoxy) is 5. The van der Waals surface area contributed by atoms with Crippen molar-refractivity contribution in [2.75, 3.05) is 34.3 Å². The number of unbranched alkanes of at least 4 members (excludes halogenated alkanes) is 1. The van der Waals surface area contributed by atoms with Crippen LogP contribution in [-0.4, -0.2) is 116 Å². The normalized spacial score (nSPS) is 39.6. The third kappa shape index (κ3) is 8.94. The van der Waals surface area contributed by atoms with E-state index >= 15 is 0 Å². The van der Waals surface area contributed by atoms with Gasteiger partial charge in [0.15, 0.2) is 17.7 Å². The van der Waals surface area contributed by atoms with Gasteiger partial charge >= 0.3 is 12.1 Å². The van der Waals surface area contributed by atoms with Crippen LogP contribution in [0.5, 0.6) is 0 Å². The Hall–Kier alpha value is -2.77. The molecule has 3 heterocycles. The number of fused-ring (bicyclic) bond motifs is 1. The molecule has 0 aromatic heterocycles. The van der Waals surface area contributed by atoms with Gasteiger partial charge in [-0.3, -0.25) is 14.4 Å². The smallest absolute Gasteiger partial charge is 0.410 e. The van der Waals surface area contributed by atoms with E-state index in [1.807, 2.05) is 34.9 Å². The molecule has 3 aliphatic heterocycles. The molecule has 12 atom stereocenters. The molecule has 3 fully saturated rings. The summed E-state index contributed by atoms with van der Waals surface area (Å²) in [6, 6.07) is -0.582. The monoisotopic (exact) mass is 693 g/mol. The predicted octanol–water partition coefficient (Wildman–Crippen LogP) is 5.31. The van der Waals surface area contributed by atoms with Gasteiger partial charge in [0.2, 0.25) is 0 Å². The lowest BCUT2D eigenvalue weighted by Gasteiger charge is -2.47. The van der Waals surface area contributed by atoms with E-state index in [-0.39, 0.29) is 56.2 Å². The van der Waals surface area contributed by atoms with Crippen molar-refractivity contribution in [3.63, 3.8) is 0 Å². The van der Waals surface area contributed by atoms with E-state index in [0.29, 0.717) is 12.8 Å². The SMILES string of the molecule is CC[C@H]1OC(=O)[C@H](C)C(=O)[C@H](C)[C@@H](O[C@@H]2O[C@H](C)CC(N(C)C)[C@H]2C)[C@](C)(OC)C[C@@H](C)C(=O)C[C@H]2N(CCCCN=[N+]=[N-])C(=O)O[C@]12C. The molecule has 0 aromatic rings. The molecular weight excluding hydrogens is 634 g/mol. The van der Waals surface area contributed by atoms with Crippen LogP contribution in [0.2, 0.25) is 0 Å². The van der Waals surface area contributed by atoms with E-state index in [2.05, 4.69) is 21.8 Å². The highest BCUT2D eigenvalue weighted by molar-refractivity contribution is 6.00. The van der Waals surface area contributed by atoms with Crippen LogP contribution in [-0.2, 0) is 38.1 Å². The summed E-state index contributed by atoms with van der Waals surface area (Å²) in [5.74, 6) is -3.88. The summed E-state index contributed by atoms with van der Waals surface area (Å²) in [6.45, 7) is 15.0. The molecule has 49 heavy (non-hydrogen) atoms. The summed E-state index contributed by atoms with van der Waals surface area (Å²) in [4.78, 5) is 61.9. The quantitative estimate of drug-likeness (QED) is 0.0730. The summed E-state index contributed by atoms with van der Waals surface area (Å²) in [7, 11) is 5.57. The third-order valence-electron chi connectivity index (χ3n) is 11.1. The summed E-state index contributed by atoms with van der Waals surface area (Å²) in [6.07, 6.45) is -0.867. The highest BCUT2D eigenvalue weighted by Crippen LogP contribution is 2.41. The van der Waals surface area contributed by atoms with Crippen LogP contribution in [0.1, 0.15) is 93.9 Å². The second-order valence-corrected chi connectivity index (χ2v) is 15.0. The molecule has 278 valence electrons. The number of carbonyl (C=O) groups is 4. The first-order chi connectivity index (χ1) is 22.9. The van der Waals surface area contributed by atoms with E-state index in [0.717, 1.165) is 6.42 Å². The number of nitrogens with zero attached hydrogens (tertiary/aromatic N) is 5. The standard InChI is InChI=1S/C35H59N5O9/c1-12-28-35(8)27(40(33(44)49-35)16-14-13-15-37-38-36)18-26(41)20(2)19-34(7,45-11)30(23(5)29(42)24(6)31(43)47-28)48-32-22(4)25(39(9)10)17-21(3)46-32/h20-25,27-28,30,32H,12-19H2,1-11H3/t20-,21-,22-,23+,24-,25?,27-,28-,30-,32+,34-,35+/m1/s1. The first-order valence-corrected chi connectivity index (χ1v) is 17.7. The van der Waals surface area contributed by atoms with Gasteiger partial charge < -0.3 is 33.5 Å². The zero-order valence-electron chi connectivity index (χ0n) is 31.3. The van der Waals surface area contributed by atoms with E-state index in [1.165, 1.54) is 18.9 Å². The van der Waals surface area contributed by atoms with Crippen molar-refractivity contribution in [2.24, 2.45) is 28.8 Å². The van der Waals surface area contributed by atoms with Crippen molar-refractivity contribution in [2.45, 2.75) is 142 Å². The van der Waals surface area contributed by atoms with Gasteiger partial charge in [0.05, 0.1) is 23.9 Å². The van der Waals surface area contributed by atoms with Crippen molar-refractivity contribution in [3.05, 3.63) is 10.4 Å². The zero-order valence-corrected chi connectivity index (χ0v) is 31.3. The first-order valence-electron chi connectivity index (χ1n) is 17.7. The van der Waals surface area contributed by atoms with Gasteiger partial charge in [0.1, 0.15) is 17.8 Å². The van der Waals surface area contributed by atoms with Crippen molar-refractivity contribution in [3.8, 4) is 0 Å². The van der Waals surface area contributed by atoms with Crippen LogP contribution < -0.4 is 0 Å². The number of Topliss-reactive ketones (excluding diaryl/α,β-unsaturated/α-hetero) is 2. The van der Waals surface area contributed by atoms with Gasteiger partial charge in [-0.25, -0.2) is 4.79 Å². The van der Waals surface area contributed by atoms with Crippen LogP contribution in [0.3, 0.4) is 0 Å². The molecule has 0 spiro atoms. The maximum Gasteiger partial charge on any atom is 0.410 e. The molecule has 1 unspecified atom stereocenters. The summed E-state index contributed by atoms with van der Waals surface area (Å²) in [5.41, 5.74) is 6.13. The molecule has 3 rings (SSSR count). The van der Waals surface area contributed by atoms with Crippen molar-refractivity contribution >= 4 is 23.6 Å². The van der Waals surface area contributed by atoms with Gasteiger partial charge in [-0.1, -0.05) is 32.8 Å². The van der Waals surface area contributed by atoms with Crippen LogP contribution in [0.4, 0.5) is 4.79 Å². The first kappa shape index (κ1) is 40.7. The molecule has 0 radical (unpaired) electrons. The molecule has 0 aromatic carbocycles. The molecule has 1 amide bonds. The molecule has 14 nitrogen and oxygen atoms in total. The number of rotatable bonds is 10. The van der Waals surface area contributed by atoms with Crippen molar-refractivity contribution < 1.29 is 42.9 Å². The minimum atomic E-state index is -1.36. The Morgan fingerprint density at radius 1 is 1.08 bits per heavy atom. The topological polar surface area (TPSA) is 170 Å². The number of azide groups is 1. The molecule has 3 saturated heterocycles. The average molecular weight is 694 g/mol. The Morgan fingerprint density at radius 3 is 2.35 bits per heavy atom. The molecule has 0 saturated carbocycles. The molecule has 0 bridgehead atoms. The van der Waals surface area contributed by atoms with Gasteiger partial charge in [0.25, 0.3) is 0 Å². The summed E-state index contributed by atoms with van der Waals surface area (Å²) >= 11 is 0. The highest BCUT2D eigenvalue weighted by atomic mass is 16.7. The summed E-state index contributed by atoms with van der Waals surface area (Å²) in [5, 5.41) is 3.57. The van der Waals surface area contributed by atoms with Gasteiger partial charge in [-0.15, -0.1) is 0 Å². The molecule has 3 aliphatic rings. The number of ketones is 2. The lowest BCUT2D eigenvalue weighted by molar-refractivity contribution is -0.280. The van der Waals surface area contributed by atoms with Crippen molar-refractivity contribution in [1.29, 1.82) is 0 Å². The van der Waals surface area contributed by atoms with Crippen LogP contribution in [0.15, 0.2) is 5.11 Å².